The van der Waals surface area contributed by atoms with Crippen LogP contribution in [-0.2, 0) is 9.47 Å². The van der Waals surface area contributed by atoms with E-state index in [2.05, 4.69) is 0 Å². The van der Waals surface area contributed by atoms with Gasteiger partial charge >= 0.3 is 0 Å². The van der Waals surface area contributed by atoms with E-state index in [1.807, 2.05) is 25.1 Å². The van der Waals surface area contributed by atoms with Crippen molar-refractivity contribution in [3.8, 4) is 5.75 Å². The van der Waals surface area contributed by atoms with Gasteiger partial charge in [0.1, 0.15) is 5.75 Å². The third kappa shape index (κ3) is 4.64. The van der Waals surface area contributed by atoms with Crippen molar-refractivity contribution in [3.05, 3.63) is 29.3 Å². The largest absolute Gasteiger partial charge is 0.496 e. The Labute approximate surface area is 108 Å². The molecular weight excluding hydrogens is 232 g/mol. The van der Waals surface area contributed by atoms with E-state index in [-0.39, 0.29) is 0 Å². The first-order chi connectivity index (χ1) is 8.69. The Kier molecular flexibility index (Phi) is 6.72. The normalized spacial score (nSPS) is 12.4. The number of benzene rings is 1. The van der Waals surface area contributed by atoms with Gasteiger partial charge in [0.05, 0.1) is 26.4 Å². The van der Waals surface area contributed by atoms with Gasteiger partial charge in [-0.25, -0.2) is 0 Å². The second-order valence-corrected chi connectivity index (χ2v) is 4.16. The molecule has 0 radical (unpaired) electrons. The lowest BCUT2D eigenvalue weighted by atomic mass is 10.0. The Morgan fingerprint density at radius 3 is 2.61 bits per heavy atom. The monoisotopic (exact) mass is 254 g/mol. The molecule has 0 aliphatic rings. The Morgan fingerprint density at radius 2 is 1.94 bits per heavy atom. The zero-order valence-corrected chi connectivity index (χ0v) is 11.3. The van der Waals surface area contributed by atoms with Crippen molar-refractivity contribution in [3.63, 3.8) is 0 Å². The molecule has 0 spiro atoms. The zero-order valence-electron chi connectivity index (χ0n) is 11.3. The van der Waals surface area contributed by atoms with Crippen LogP contribution in [0.3, 0.4) is 0 Å². The topological polar surface area (TPSA) is 47.9 Å². The molecule has 0 saturated heterocycles. The van der Waals surface area contributed by atoms with Gasteiger partial charge in [-0.3, -0.25) is 0 Å². The maximum atomic E-state index is 10.1. The van der Waals surface area contributed by atoms with E-state index in [1.165, 1.54) is 0 Å². The van der Waals surface area contributed by atoms with Gasteiger partial charge in [0.2, 0.25) is 0 Å². The zero-order chi connectivity index (χ0) is 13.4. The van der Waals surface area contributed by atoms with Crippen LogP contribution in [0.1, 0.15) is 23.7 Å². The minimum absolute atomic E-state index is 0.502. The molecule has 0 heterocycles. The highest BCUT2D eigenvalue weighted by Crippen LogP contribution is 2.28. The highest BCUT2D eigenvalue weighted by Gasteiger charge is 2.13. The summed E-state index contributed by atoms with van der Waals surface area (Å²) in [5.74, 6) is 0.713. The molecule has 1 N–H and O–H groups in total. The van der Waals surface area contributed by atoms with Crippen LogP contribution < -0.4 is 4.74 Å². The summed E-state index contributed by atoms with van der Waals surface area (Å²) in [6.07, 6.45) is -0.0221. The van der Waals surface area contributed by atoms with Gasteiger partial charge in [0.15, 0.2) is 0 Å². The number of rotatable bonds is 8. The van der Waals surface area contributed by atoms with E-state index in [9.17, 15) is 5.11 Å². The predicted octanol–water partition coefficient (Wildman–Crippen LogP) is 2.09. The maximum Gasteiger partial charge on any atom is 0.124 e. The number of aliphatic hydroxyl groups excluding tert-OH is 1. The fraction of sp³-hybridized carbons (Fsp3) is 0.571. The van der Waals surface area contributed by atoms with Gasteiger partial charge in [-0.15, -0.1) is 0 Å². The Hall–Kier alpha value is -1.10. The highest BCUT2D eigenvalue weighted by molar-refractivity contribution is 5.38. The molecule has 18 heavy (non-hydrogen) atoms. The molecular formula is C14H22O4. The number of methoxy groups -OCH3 is 2. The third-order valence-electron chi connectivity index (χ3n) is 2.71. The van der Waals surface area contributed by atoms with Crippen LogP contribution in [0.25, 0.3) is 0 Å². The first-order valence-corrected chi connectivity index (χ1v) is 6.08. The maximum absolute atomic E-state index is 10.1. The van der Waals surface area contributed by atoms with Crippen molar-refractivity contribution < 1.29 is 19.3 Å². The van der Waals surface area contributed by atoms with E-state index in [1.54, 1.807) is 14.2 Å². The summed E-state index contributed by atoms with van der Waals surface area (Å²) in [7, 11) is 3.24. The summed E-state index contributed by atoms with van der Waals surface area (Å²) >= 11 is 0. The molecule has 1 unspecified atom stereocenters. The van der Waals surface area contributed by atoms with Crippen molar-refractivity contribution in [2.24, 2.45) is 0 Å². The van der Waals surface area contributed by atoms with Crippen LogP contribution >= 0.6 is 0 Å². The molecule has 1 rings (SSSR count). The van der Waals surface area contributed by atoms with Gasteiger partial charge in [-0.2, -0.15) is 0 Å². The number of aryl methyl sites for hydroxylation is 1. The molecule has 0 fully saturated rings. The SMILES string of the molecule is COCCOCCC(O)c1cc(C)ccc1OC. The van der Waals surface area contributed by atoms with Crippen LogP contribution in [0.5, 0.6) is 5.75 Å². The smallest absolute Gasteiger partial charge is 0.124 e. The van der Waals surface area contributed by atoms with Crippen molar-refractivity contribution in [1.82, 2.24) is 0 Å². The van der Waals surface area contributed by atoms with Gasteiger partial charge < -0.3 is 19.3 Å². The molecule has 1 aromatic carbocycles. The first-order valence-electron chi connectivity index (χ1n) is 6.08. The van der Waals surface area contributed by atoms with E-state index < -0.39 is 6.10 Å². The second kappa shape index (κ2) is 8.08. The van der Waals surface area contributed by atoms with E-state index >= 15 is 0 Å². The summed E-state index contributed by atoms with van der Waals surface area (Å²) in [6.45, 7) is 3.62. The number of hydrogen-bond acceptors (Lipinski definition) is 4. The summed E-state index contributed by atoms with van der Waals surface area (Å²) in [5, 5.41) is 10.1. The van der Waals surface area contributed by atoms with Crippen LogP contribution in [-0.4, -0.2) is 39.1 Å². The number of aliphatic hydroxyl groups is 1. The third-order valence-corrected chi connectivity index (χ3v) is 2.71. The lowest BCUT2D eigenvalue weighted by molar-refractivity contribution is 0.0470. The Balaban J connectivity index is 2.49. The summed E-state index contributed by atoms with van der Waals surface area (Å²) < 4.78 is 15.5. The fourth-order valence-electron chi connectivity index (χ4n) is 1.71. The minimum Gasteiger partial charge on any atom is -0.496 e. The van der Waals surface area contributed by atoms with Gasteiger partial charge in [0.25, 0.3) is 0 Å². The molecule has 0 aromatic heterocycles. The first kappa shape index (κ1) is 15.0. The Bertz CT molecular complexity index is 352. The van der Waals surface area contributed by atoms with Crippen LogP contribution in [0.4, 0.5) is 0 Å². The lowest BCUT2D eigenvalue weighted by Crippen LogP contribution is -2.08. The van der Waals surface area contributed by atoms with Gasteiger partial charge in [-0.1, -0.05) is 11.6 Å². The molecule has 0 aliphatic heterocycles. The molecule has 4 heteroatoms. The number of hydrogen-bond donors (Lipinski definition) is 1. The van der Waals surface area contributed by atoms with Crippen molar-refractivity contribution >= 4 is 0 Å². The quantitative estimate of drug-likeness (QED) is 0.722. The summed E-state index contributed by atoms with van der Waals surface area (Å²) in [6, 6.07) is 5.78. The molecule has 0 aliphatic carbocycles. The van der Waals surface area contributed by atoms with Gasteiger partial charge in [-0.05, 0) is 19.1 Å². The van der Waals surface area contributed by atoms with Crippen LogP contribution in [0.15, 0.2) is 18.2 Å². The minimum atomic E-state index is -0.567. The second-order valence-electron chi connectivity index (χ2n) is 4.16. The molecule has 0 bridgehead atoms. The van der Waals surface area contributed by atoms with Crippen LogP contribution in [0.2, 0.25) is 0 Å². The molecule has 1 atom stereocenters. The molecule has 102 valence electrons. The van der Waals surface area contributed by atoms with Crippen molar-refractivity contribution in [1.29, 1.82) is 0 Å². The summed E-state index contributed by atoms with van der Waals surface area (Å²) in [4.78, 5) is 0. The molecule has 4 nitrogen and oxygen atoms in total. The average molecular weight is 254 g/mol. The van der Waals surface area contributed by atoms with Crippen molar-refractivity contribution in [2.75, 3.05) is 34.0 Å². The number of ether oxygens (including phenoxy) is 3. The lowest BCUT2D eigenvalue weighted by Gasteiger charge is -2.15. The van der Waals surface area contributed by atoms with E-state index in [4.69, 9.17) is 14.2 Å². The molecule has 0 amide bonds. The summed E-state index contributed by atoms with van der Waals surface area (Å²) in [5.41, 5.74) is 1.91. The van der Waals surface area contributed by atoms with E-state index in [0.29, 0.717) is 32.0 Å². The van der Waals surface area contributed by atoms with Crippen molar-refractivity contribution in [2.45, 2.75) is 19.4 Å². The fourth-order valence-corrected chi connectivity index (χ4v) is 1.71. The van der Waals surface area contributed by atoms with E-state index in [0.717, 1.165) is 11.1 Å². The Morgan fingerprint density at radius 1 is 1.17 bits per heavy atom. The van der Waals surface area contributed by atoms with Gasteiger partial charge in [0, 0.05) is 25.7 Å². The predicted molar refractivity (Wildman–Crippen MR) is 70.0 cm³/mol. The van der Waals surface area contributed by atoms with Crippen LogP contribution in [0, 0.1) is 6.92 Å². The molecule has 1 aromatic rings. The highest BCUT2D eigenvalue weighted by atomic mass is 16.5. The standard InChI is InChI=1S/C14H22O4/c1-11-4-5-14(17-3)12(10-11)13(15)6-7-18-9-8-16-2/h4-5,10,13,15H,6-9H2,1-3H3. The average Bonchev–Trinajstić information content (AvgIpc) is 2.38. The molecule has 0 saturated carbocycles.